The monoisotopic (exact) mass is 279 g/mol. The smallest absolute Gasteiger partial charge is 0.238 e. The van der Waals surface area contributed by atoms with Crippen molar-refractivity contribution in [1.29, 1.82) is 0 Å². The Balaban J connectivity index is 1.65. The molecule has 0 spiro atoms. The maximum absolute atomic E-state index is 12.7. The van der Waals surface area contributed by atoms with E-state index in [-0.39, 0.29) is 18.3 Å². The van der Waals surface area contributed by atoms with Crippen LogP contribution in [-0.4, -0.2) is 43.0 Å². The number of nitrogens with one attached hydrogen (secondary N) is 2. The van der Waals surface area contributed by atoms with E-state index in [1.54, 1.807) is 12.1 Å². The Hall–Kier alpha value is -1.46. The summed E-state index contributed by atoms with van der Waals surface area (Å²) >= 11 is 0. The van der Waals surface area contributed by atoms with Gasteiger partial charge in [-0.3, -0.25) is 9.69 Å². The lowest BCUT2D eigenvalue weighted by atomic mass is 10.3. The van der Waals surface area contributed by atoms with E-state index >= 15 is 0 Å². The minimum absolute atomic E-state index is 0.106. The molecule has 5 heteroatoms. The molecule has 1 amide bonds. The Kier molecular flexibility index (Phi) is 5.49. The standard InChI is InChI=1S/C15H22FN3O/c1-12(19-8-2-3-9-19)10-17-11-15(20)18-14-6-4-13(16)5-7-14/h4-7,12,17H,2-3,8-11H2,1H3,(H,18,20). The Morgan fingerprint density at radius 3 is 2.60 bits per heavy atom. The number of hydrogen-bond donors (Lipinski definition) is 2. The second kappa shape index (κ2) is 7.36. The third-order valence-corrected chi connectivity index (χ3v) is 3.62. The first-order valence-corrected chi connectivity index (χ1v) is 7.15. The Bertz CT molecular complexity index is 429. The van der Waals surface area contributed by atoms with Crippen LogP contribution in [0.15, 0.2) is 24.3 Å². The van der Waals surface area contributed by atoms with Gasteiger partial charge in [0.25, 0.3) is 0 Å². The van der Waals surface area contributed by atoms with Gasteiger partial charge in [0, 0.05) is 18.3 Å². The average Bonchev–Trinajstić information content (AvgIpc) is 2.95. The van der Waals surface area contributed by atoms with Gasteiger partial charge in [-0.2, -0.15) is 0 Å². The number of nitrogens with zero attached hydrogens (tertiary/aromatic N) is 1. The van der Waals surface area contributed by atoms with Gasteiger partial charge in [0.05, 0.1) is 6.54 Å². The molecule has 1 aliphatic heterocycles. The van der Waals surface area contributed by atoms with E-state index in [2.05, 4.69) is 22.5 Å². The molecule has 0 saturated carbocycles. The first-order valence-electron chi connectivity index (χ1n) is 7.15. The summed E-state index contributed by atoms with van der Waals surface area (Å²) in [6.07, 6.45) is 2.55. The van der Waals surface area contributed by atoms with Crippen LogP contribution in [0.4, 0.5) is 10.1 Å². The second-order valence-corrected chi connectivity index (χ2v) is 5.28. The largest absolute Gasteiger partial charge is 0.325 e. The summed E-state index contributed by atoms with van der Waals surface area (Å²) < 4.78 is 12.7. The molecular weight excluding hydrogens is 257 g/mol. The van der Waals surface area contributed by atoms with E-state index < -0.39 is 0 Å². The molecule has 0 aromatic heterocycles. The van der Waals surface area contributed by atoms with Gasteiger partial charge in [-0.05, 0) is 57.1 Å². The molecule has 20 heavy (non-hydrogen) atoms. The first-order chi connectivity index (χ1) is 9.65. The van der Waals surface area contributed by atoms with Crippen molar-refractivity contribution in [3.8, 4) is 0 Å². The highest BCUT2D eigenvalue weighted by atomic mass is 19.1. The van der Waals surface area contributed by atoms with E-state index in [1.165, 1.54) is 25.0 Å². The molecule has 1 unspecified atom stereocenters. The molecule has 4 nitrogen and oxygen atoms in total. The minimum Gasteiger partial charge on any atom is -0.325 e. The number of anilines is 1. The molecule has 2 N–H and O–H groups in total. The van der Waals surface area contributed by atoms with Crippen LogP contribution in [0.2, 0.25) is 0 Å². The molecular formula is C15H22FN3O. The molecule has 1 aliphatic rings. The number of carbonyl (C=O) groups excluding carboxylic acids is 1. The second-order valence-electron chi connectivity index (χ2n) is 5.28. The molecule has 2 rings (SSSR count). The van der Waals surface area contributed by atoms with Gasteiger partial charge >= 0.3 is 0 Å². The number of likely N-dealkylation sites (tertiary alicyclic amines) is 1. The minimum atomic E-state index is -0.305. The van der Waals surface area contributed by atoms with Crippen LogP contribution in [0.25, 0.3) is 0 Å². The van der Waals surface area contributed by atoms with Gasteiger partial charge in [0.1, 0.15) is 5.82 Å². The van der Waals surface area contributed by atoms with Crippen LogP contribution in [0.5, 0.6) is 0 Å². The van der Waals surface area contributed by atoms with Crippen LogP contribution < -0.4 is 10.6 Å². The predicted octanol–water partition coefficient (Wildman–Crippen LogP) is 1.84. The van der Waals surface area contributed by atoms with Crippen molar-refractivity contribution >= 4 is 11.6 Å². The van der Waals surface area contributed by atoms with Crippen molar-refractivity contribution in [2.75, 3.05) is 31.5 Å². The molecule has 1 fully saturated rings. The molecule has 1 saturated heterocycles. The van der Waals surface area contributed by atoms with Gasteiger partial charge < -0.3 is 10.6 Å². The summed E-state index contributed by atoms with van der Waals surface area (Å²) in [5.41, 5.74) is 0.616. The van der Waals surface area contributed by atoms with Gasteiger partial charge in [0.15, 0.2) is 0 Å². The zero-order chi connectivity index (χ0) is 14.4. The molecule has 1 aromatic rings. The molecule has 0 aliphatic carbocycles. The predicted molar refractivity (Wildman–Crippen MR) is 78.2 cm³/mol. The quantitative estimate of drug-likeness (QED) is 0.835. The first kappa shape index (κ1) is 14.9. The zero-order valence-electron chi connectivity index (χ0n) is 11.9. The van der Waals surface area contributed by atoms with Crippen LogP contribution >= 0.6 is 0 Å². The van der Waals surface area contributed by atoms with Gasteiger partial charge in [-0.15, -0.1) is 0 Å². The fourth-order valence-electron chi connectivity index (χ4n) is 2.44. The highest BCUT2D eigenvalue weighted by Gasteiger charge is 2.17. The normalized spacial score (nSPS) is 17.1. The Morgan fingerprint density at radius 1 is 1.30 bits per heavy atom. The van der Waals surface area contributed by atoms with E-state index in [0.29, 0.717) is 11.7 Å². The lowest BCUT2D eigenvalue weighted by molar-refractivity contribution is -0.115. The van der Waals surface area contributed by atoms with Gasteiger partial charge in [-0.1, -0.05) is 0 Å². The topological polar surface area (TPSA) is 44.4 Å². The number of carbonyl (C=O) groups is 1. The van der Waals surface area contributed by atoms with Crippen molar-refractivity contribution in [1.82, 2.24) is 10.2 Å². The lowest BCUT2D eigenvalue weighted by Gasteiger charge is -2.23. The highest BCUT2D eigenvalue weighted by molar-refractivity contribution is 5.92. The van der Waals surface area contributed by atoms with Gasteiger partial charge in [-0.25, -0.2) is 4.39 Å². The summed E-state index contributed by atoms with van der Waals surface area (Å²) in [5.74, 6) is -0.411. The maximum atomic E-state index is 12.7. The number of rotatable bonds is 6. The zero-order valence-corrected chi connectivity index (χ0v) is 11.9. The summed E-state index contributed by atoms with van der Waals surface area (Å²) in [6.45, 7) is 5.57. The maximum Gasteiger partial charge on any atom is 0.238 e. The van der Waals surface area contributed by atoms with Crippen molar-refractivity contribution in [3.63, 3.8) is 0 Å². The van der Waals surface area contributed by atoms with Crippen molar-refractivity contribution in [2.45, 2.75) is 25.8 Å². The third-order valence-electron chi connectivity index (χ3n) is 3.62. The molecule has 1 aromatic carbocycles. The van der Waals surface area contributed by atoms with Gasteiger partial charge in [0.2, 0.25) is 5.91 Å². The summed E-state index contributed by atoms with van der Waals surface area (Å²) in [5, 5.41) is 5.90. The van der Waals surface area contributed by atoms with Crippen LogP contribution in [-0.2, 0) is 4.79 Å². The van der Waals surface area contributed by atoms with Crippen molar-refractivity contribution < 1.29 is 9.18 Å². The number of amides is 1. The van der Waals surface area contributed by atoms with E-state index in [1.807, 2.05) is 0 Å². The van der Waals surface area contributed by atoms with E-state index in [9.17, 15) is 9.18 Å². The number of halogens is 1. The lowest BCUT2D eigenvalue weighted by Crippen LogP contribution is -2.40. The average molecular weight is 279 g/mol. The molecule has 110 valence electrons. The molecule has 0 radical (unpaired) electrons. The summed E-state index contributed by atoms with van der Waals surface area (Å²) in [6, 6.07) is 6.23. The van der Waals surface area contributed by atoms with Crippen molar-refractivity contribution in [2.24, 2.45) is 0 Å². The highest BCUT2D eigenvalue weighted by Crippen LogP contribution is 2.10. The molecule has 0 bridgehead atoms. The summed E-state index contributed by atoms with van der Waals surface area (Å²) in [7, 11) is 0. The van der Waals surface area contributed by atoms with Crippen molar-refractivity contribution in [3.05, 3.63) is 30.1 Å². The third kappa shape index (κ3) is 4.58. The molecule has 1 atom stereocenters. The van der Waals surface area contributed by atoms with E-state index in [0.717, 1.165) is 19.6 Å². The SMILES string of the molecule is CC(CNCC(=O)Nc1ccc(F)cc1)N1CCCC1. The number of hydrogen-bond acceptors (Lipinski definition) is 3. The van der Waals surface area contributed by atoms with Crippen LogP contribution in [0.3, 0.4) is 0 Å². The summed E-state index contributed by atoms with van der Waals surface area (Å²) in [4.78, 5) is 14.2. The number of benzene rings is 1. The Morgan fingerprint density at radius 2 is 1.95 bits per heavy atom. The Labute approximate surface area is 119 Å². The van der Waals surface area contributed by atoms with E-state index in [4.69, 9.17) is 0 Å². The van der Waals surface area contributed by atoms with Crippen LogP contribution in [0, 0.1) is 5.82 Å². The van der Waals surface area contributed by atoms with Crippen LogP contribution in [0.1, 0.15) is 19.8 Å². The fourth-order valence-corrected chi connectivity index (χ4v) is 2.44. The fraction of sp³-hybridized carbons (Fsp3) is 0.533. The molecule has 1 heterocycles.